The maximum atomic E-state index is 13.7. The van der Waals surface area contributed by atoms with E-state index in [-0.39, 0.29) is 5.56 Å². The van der Waals surface area contributed by atoms with E-state index in [4.69, 9.17) is 5.73 Å². The smallest absolute Gasteiger partial charge is 0.163 e. The summed E-state index contributed by atoms with van der Waals surface area (Å²) >= 11 is 0. The van der Waals surface area contributed by atoms with Crippen molar-refractivity contribution >= 4 is 0 Å². The summed E-state index contributed by atoms with van der Waals surface area (Å²) < 4.78 is 26.8. The summed E-state index contributed by atoms with van der Waals surface area (Å²) in [5.74, 6) is -1.72. The Kier molecular flexibility index (Phi) is 5.30. The molecule has 0 bridgehead atoms. The van der Waals surface area contributed by atoms with Crippen LogP contribution in [0, 0.1) is 11.6 Å². The average molecular weight is 298 g/mol. The number of aliphatic hydroxyl groups is 1. The molecular formula is C16H24F2N2O. The second-order valence-corrected chi connectivity index (χ2v) is 6.21. The maximum absolute atomic E-state index is 13.7. The Bertz CT molecular complexity index is 475. The number of hydrogen-bond acceptors (Lipinski definition) is 3. The number of likely N-dealkylation sites (N-methyl/N-ethyl adjacent to an activating group) is 1. The van der Waals surface area contributed by atoms with Gasteiger partial charge in [-0.2, -0.15) is 0 Å². The lowest BCUT2D eigenvalue weighted by molar-refractivity contribution is 0.0158. The van der Waals surface area contributed by atoms with Crippen molar-refractivity contribution < 1.29 is 13.9 Å². The molecule has 1 saturated carbocycles. The van der Waals surface area contributed by atoms with Gasteiger partial charge in [-0.15, -0.1) is 0 Å². The minimum absolute atomic E-state index is 0.211. The SMILES string of the molecule is CN(CCC(N)c1cccc(F)c1F)CC1(O)CCCC1. The highest BCUT2D eigenvalue weighted by atomic mass is 19.2. The molecule has 0 aliphatic heterocycles. The fourth-order valence-electron chi connectivity index (χ4n) is 3.09. The van der Waals surface area contributed by atoms with Gasteiger partial charge in [0.25, 0.3) is 0 Å². The molecule has 1 atom stereocenters. The van der Waals surface area contributed by atoms with E-state index in [9.17, 15) is 13.9 Å². The van der Waals surface area contributed by atoms with Crippen LogP contribution < -0.4 is 5.73 Å². The maximum Gasteiger partial charge on any atom is 0.163 e. The zero-order chi connectivity index (χ0) is 15.5. The summed E-state index contributed by atoms with van der Waals surface area (Å²) in [6.45, 7) is 1.24. The van der Waals surface area contributed by atoms with E-state index in [1.807, 2.05) is 11.9 Å². The number of halogens is 2. The molecule has 0 heterocycles. The summed E-state index contributed by atoms with van der Waals surface area (Å²) in [4.78, 5) is 2.02. The van der Waals surface area contributed by atoms with Crippen LogP contribution in [0.2, 0.25) is 0 Å². The number of hydrogen-bond donors (Lipinski definition) is 2. The predicted octanol–water partition coefficient (Wildman–Crippen LogP) is 2.59. The zero-order valence-corrected chi connectivity index (χ0v) is 12.5. The Morgan fingerprint density at radius 3 is 2.67 bits per heavy atom. The van der Waals surface area contributed by atoms with Crippen molar-refractivity contribution in [1.29, 1.82) is 0 Å². The predicted molar refractivity (Wildman–Crippen MR) is 78.8 cm³/mol. The molecule has 0 saturated heterocycles. The molecule has 1 aromatic rings. The molecule has 1 fully saturated rings. The number of rotatable bonds is 6. The van der Waals surface area contributed by atoms with E-state index in [1.165, 1.54) is 12.1 Å². The molecule has 0 spiro atoms. The summed E-state index contributed by atoms with van der Waals surface area (Å²) in [5.41, 5.74) is 5.58. The Labute approximate surface area is 124 Å². The van der Waals surface area contributed by atoms with Crippen LogP contribution in [0.4, 0.5) is 8.78 Å². The first-order valence-electron chi connectivity index (χ1n) is 7.52. The largest absolute Gasteiger partial charge is 0.389 e. The molecule has 1 aliphatic carbocycles. The fourth-order valence-corrected chi connectivity index (χ4v) is 3.09. The Balaban J connectivity index is 1.85. The van der Waals surface area contributed by atoms with Crippen LogP contribution in [-0.2, 0) is 0 Å². The monoisotopic (exact) mass is 298 g/mol. The standard InChI is InChI=1S/C16H24F2N2O/c1-20(11-16(21)8-2-3-9-16)10-7-14(19)12-5-4-6-13(17)15(12)18/h4-6,14,21H,2-3,7-11,19H2,1H3. The Hall–Kier alpha value is -1.04. The summed E-state index contributed by atoms with van der Waals surface area (Å²) in [6, 6.07) is 3.54. The van der Waals surface area contributed by atoms with Gasteiger partial charge in [-0.1, -0.05) is 25.0 Å². The summed E-state index contributed by atoms with van der Waals surface area (Å²) in [5, 5.41) is 10.3. The van der Waals surface area contributed by atoms with Crippen molar-refractivity contribution in [3.8, 4) is 0 Å². The van der Waals surface area contributed by atoms with Crippen molar-refractivity contribution in [2.24, 2.45) is 5.73 Å². The van der Waals surface area contributed by atoms with E-state index in [2.05, 4.69) is 0 Å². The van der Waals surface area contributed by atoms with Gasteiger partial charge in [0.1, 0.15) is 0 Å². The van der Waals surface area contributed by atoms with Gasteiger partial charge in [0.05, 0.1) is 5.60 Å². The van der Waals surface area contributed by atoms with Gasteiger partial charge >= 0.3 is 0 Å². The van der Waals surface area contributed by atoms with Crippen LogP contribution in [0.1, 0.15) is 43.7 Å². The number of benzene rings is 1. The minimum atomic E-state index is -0.864. The fraction of sp³-hybridized carbons (Fsp3) is 0.625. The third kappa shape index (κ3) is 4.22. The van der Waals surface area contributed by atoms with Crippen LogP contribution >= 0.6 is 0 Å². The van der Waals surface area contributed by atoms with Crippen LogP contribution in [-0.4, -0.2) is 35.7 Å². The van der Waals surface area contributed by atoms with Crippen molar-refractivity contribution in [2.45, 2.75) is 43.7 Å². The molecule has 118 valence electrons. The average Bonchev–Trinajstić information content (AvgIpc) is 2.85. The van der Waals surface area contributed by atoms with Gasteiger partial charge in [-0.05, 0) is 38.9 Å². The molecule has 2 rings (SSSR count). The highest BCUT2D eigenvalue weighted by Gasteiger charge is 2.32. The highest BCUT2D eigenvalue weighted by Crippen LogP contribution is 2.30. The van der Waals surface area contributed by atoms with E-state index >= 15 is 0 Å². The molecule has 5 heteroatoms. The lowest BCUT2D eigenvalue weighted by Crippen LogP contribution is -2.40. The Morgan fingerprint density at radius 2 is 2.00 bits per heavy atom. The molecule has 3 N–H and O–H groups in total. The van der Waals surface area contributed by atoms with E-state index in [1.54, 1.807) is 0 Å². The topological polar surface area (TPSA) is 49.5 Å². The second-order valence-electron chi connectivity index (χ2n) is 6.21. The van der Waals surface area contributed by atoms with Crippen molar-refractivity contribution in [1.82, 2.24) is 4.90 Å². The van der Waals surface area contributed by atoms with Gasteiger partial charge in [0.2, 0.25) is 0 Å². The normalized spacial score (nSPS) is 19.1. The molecule has 0 radical (unpaired) electrons. The van der Waals surface area contributed by atoms with Gasteiger partial charge in [0.15, 0.2) is 11.6 Å². The second kappa shape index (κ2) is 6.81. The quantitative estimate of drug-likeness (QED) is 0.848. The number of nitrogens with two attached hydrogens (primary N) is 1. The zero-order valence-electron chi connectivity index (χ0n) is 12.5. The molecule has 1 aliphatic rings. The van der Waals surface area contributed by atoms with E-state index < -0.39 is 23.3 Å². The van der Waals surface area contributed by atoms with E-state index in [0.29, 0.717) is 19.5 Å². The Morgan fingerprint density at radius 1 is 1.33 bits per heavy atom. The first-order chi connectivity index (χ1) is 9.91. The lowest BCUT2D eigenvalue weighted by atomic mass is 10.0. The lowest BCUT2D eigenvalue weighted by Gasteiger charge is -2.29. The van der Waals surface area contributed by atoms with E-state index in [0.717, 1.165) is 31.7 Å². The molecule has 0 aromatic heterocycles. The first kappa shape index (κ1) is 16.3. The van der Waals surface area contributed by atoms with Gasteiger partial charge in [-0.3, -0.25) is 0 Å². The van der Waals surface area contributed by atoms with Crippen molar-refractivity contribution in [3.05, 3.63) is 35.4 Å². The molecule has 1 aromatic carbocycles. The van der Waals surface area contributed by atoms with Gasteiger partial charge < -0.3 is 15.7 Å². The molecular weight excluding hydrogens is 274 g/mol. The van der Waals surface area contributed by atoms with Crippen molar-refractivity contribution in [2.75, 3.05) is 20.1 Å². The van der Waals surface area contributed by atoms with Gasteiger partial charge in [0, 0.05) is 18.2 Å². The molecule has 0 amide bonds. The third-order valence-electron chi connectivity index (χ3n) is 4.30. The van der Waals surface area contributed by atoms with Crippen LogP contribution in [0.3, 0.4) is 0 Å². The van der Waals surface area contributed by atoms with Crippen LogP contribution in [0.15, 0.2) is 18.2 Å². The molecule has 3 nitrogen and oxygen atoms in total. The van der Waals surface area contributed by atoms with Crippen molar-refractivity contribution in [3.63, 3.8) is 0 Å². The highest BCUT2D eigenvalue weighted by molar-refractivity contribution is 5.22. The minimum Gasteiger partial charge on any atom is -0.389 e. The first-order valence-corrected chi connectivity index (χ1v) is 7.52. The van der Waals surface area contributed by atoms with Crippen LogP contribution in [0.5, 0.6) is 0 Å². The van der Waals surface area contributed by atoms with Crippen LogP contribution in [0.25, 0.3) is 0 Å². The summed E-state index contributed by atoms with van der Waals surface area (Å²) in [6.07, 6.45) is 4.33. The third-order valence-corrected chi connectivity index (χ3v) is 4.30. The molecule has 1 unspecified atom stereocenters. The van der Waals surface area contributed by atoms with Gasteiger partial charge in [-0.25, -0.2) is 8.78 Å². The summed E-state index contributed by atoms with van der Waals surface area (Å²) in [7, 11) is 1.92. The molecule has 21 heavy (non-hydrogen) atoms. The number of nitrogens with zero attached hydrogens (tertiary/aromatic N) is 1.